The molecule has 4 rings (SSSR count). The molecule has 0 unspecified atom stereocenters. The highest BCUT2D eigenvalue weighted by atomic mass is 19.4. The Kier molecular flexibility index (Phi) is 9.02. The average molecular weight is 557 g/mol. The van der Waals surface area contributed by atoms with Crippen LogP contribution < -0.4 is 10.1 Å². The molecule has 0 spiro atoms. The van der Waals surface area contributed by atoms with Gasteiger partial charge in [0.15, 0.2) is 0 Å². The largest absolute Gasteiger partial charge is 0.457 e. The minimum Gasteiger partial charge on any atom is -0.457 e. The van der Waals surface area contributed by atoms with Crippen molar-refractivity contribution in [2.75, 3.05) is 18.5 Å². The number of esters is 1. The zero-order valence-electron chi connectivity index (χ0n) is 21.4. The van der Waals surface area contributed by atoms with Crippen molar-refractivity contribution in [2.24, 2.45) is 0 Å². The molecule has 0 atom stereocenters. The molecule has 0 saturated carbocycles. The number of anilines is 1. The molecule has 0 aliphatic rings. The van der Waals surface area contributed by atoms with Crippen LogP contribution in [0.2, 0.25) is 0 Å². The van der Waals surface area contributed by atoms with Crippen LogP contribution in [-0.4, -0.2) is 50.4 Å². The van der Waals surface area contributed by atoms with Gasteiger partial charge in [-0.2, -0.15) is 28.2 Å². The lowest BCUT2D eigenvalue weighted by Gasteiger charge is -2.21. The molecule has 3 N–H and O–H groups in total. The second-order valence-electron chi connectivity index (χ2n) is 8.87. The van der Waals surface area contributed by atoms with Crippen molar-refractivity contribution in [2.45, 2.75) is 32.3 Å². The number of nitrogens with zero attached hydrogens (tertiary/aromatic N) is 3. The number of rotatable bonds is 11. The van der Waals surface area contributed by atoms with E-state index in [4.69, 9.17) is 9.47 Å². The molecule has 0 bridgehead atoms. The van der Waals surface area contributed by atoms with Gasteiger partial charge in [-0.3, -0.25) is 0 Å². The van der Waals surface area contributed by atoms with Crippen LogP contribution in [0.4, 0.5) is 18.9 Å². The quantitative estimate of drug-likeness (QED) is 0.230. The Morgan fingerprint density at radius 2 is 1.65 bits per heavy atom. The first-order valence-electron chi connectivity index (χ1n) is 12.2. The van der Waals surface area contributed by atoms with E-state index in [0.29, 0.717) is 5.56 Å². The summed E-state index contributed by atoms with van der Waals surface area (Å²) in [7, 11) is 0. The number of carbonyl (C=O) groups excluding carboxylic acids is 1. The van der Waals surface area contributed by atoms with Crippen LogP contribution in [0.3, 0.4) is 0 Å². The van der Waals surface area contributed by atoms with Gasteiger partial charge in [-0.1, -0.05) is 36.4 Å². The minimum absolute atomic E-state index is 0.00438. The van der Waals surface area contributed by atoms with Gasteiger partial charge in [-0.05, 0) is 42.3 Å². The molecule has 0 saturated heterocycles. The number of carbonyl (C=O) groups is 1. The van der Waals surface area contributed by atoms with Crippen LogP contribution >= 0.6 is 0 Å². The van der Waals surface area contributed by atoms with Gasteiger partial charge in [0.05, 0.1) is 49.3 Å². The topological polar surface area (TPSA) is 119 Å². The van der Waals surface area contributed by atoms with Crippen LogP contribution in [0.25, 0.3) is 0 Å². The lowest BCUT2D eigenvalue weighted by atomic mass is 10.0. The number of aliphatic hydroxyl groups is 2. The normalized spacial score (nSPS) is 11.5. The smallest absolute Gasteiger partial charge is 0.419 e. The van der Waals surface area contributed by atoms with Gasteiger partial charge in [0.2, 0.25) is 0 Å². The summed E-state index contributed by atoms with van der Waals surface area (Å²) in [5, 5.41) is 29.7. The molecule has 4 aromatic rings. The van der Waals surface area contributed by atoms with E-state index in [2.05, 4.69) is 15.5 Å². The molecular weight excluding hydrogens is 529 g/mol. The van der Waals surface area contributed by atoms with Crippen LogP contribution in [-0.2, 0) is 24.1 Å². The van der Waals surface area contributed by atoms with Crippen molar-refractivity contribution in [1.82, 2.24) is 15.0 Å². The van der Waals surface area contributed by atoms with E-state index in [1.165, 1.54) is 48.4 Å². The average Bonchev–Trinajstić information content (AvgIpc) is 3.45. The third-order valence-corrected chi connectivity index (χ3v) is 5.99. The van der Waals surface area contributed by atoms with Crippen molar-refractivity contribution in [3.8, 4) is 11.5 Å². The monoisotopic (exact) mass is 556 g/mol. The summed E-state index contributed by atoms with van der Waals surface area (Å²) in [5.74, 6) is -1.23. The Balaban J connectivity index is 1.68. The second kappa shape index (κ2) is 12.6. The van der Waals surface area contributed by atoms with E-state index in [0.717, 1.165) is 11.6 Å². The van der Waals surface area contributed by atoms with E-state index >= 15 is 0 Å². The maximum atomic E-state index is 14.0. The molecule has 210 valence electrons. The molecule has 1 heterocycles. The van der Waals surface area contributed by atoms with Gasteiger partial charge in [0.25, 0.3) is 0 Å². The lowest BCUT2D eigenvalue weighted by molar-refractivity contribution is -0.138. The Hall–Kier alpha value is -4.42. The van der Waals surface area contributed by atoms with Gasteiger partial charge in [0.1, 0.15) is 18.1 Å². The summed E-state index contributed by atoms with van der Waals surface area (Å²) in [6.45, 7) is 0.642. The van der Waals surface area contributed by atoms with Crippen molar-refractivity contribution in [3.63, 3.8) is 0 Å². The predicted octanol–water partition coefficient (Wildman–Crippen LogP) is 4.57. The fourth-order valence-corrected chi connectivity index (χ4v) is 3.94. The highest BCUT2D eigenvalue weighted by molar-refractivity contribution is 5.98. The first-order chi connectivity index (χ1) is 19.2. The highest BCUT2D eigenvalue weighted by Gasteiger charge is 2.35. The standard InChI is InChI=1S/C28H27F3N4O5/c1-18-24(40-25-9-7-20(13-22(25)28(29,30)31)14-35-32-11-12-33-35)10-8-23(34-21(15-36)16-37)26(18)27(38)39-17-19-5-3-2-4-6-19/h2-13,21,34,36-37H,14-17H2,1H3. The van der Waals surface area contributed by atoms with Crippen LogP contribution in [0, 0.1) is 6.92 Å². The molecule has 40 heavy (non-hydrogen) atoms. The number of halogens is 3. The Morgan fingerprint density at radius 3 is 2.30 bits per heavy atom. The number of alkyl halides is 3. The summed E-state index contributed by atoms with van der Waals surface area (Å²) >= 11 is 0. The Morgan fingerprint density at radius 1 is 0.975 bits per heavy atom. The maximum absolute atomic E-state index is 14.0. The van der Waals surface area contributed by atoms with Crippen LogP contribution in [0.15, 0.2) is 73.1 Å². The number of hydrogen-bond donors (Lipinski definition) is 3. The zero-order chi connectivity index (χ0) is 28.7. The van der Waals surface area contributed by atoms with E-state index < -0.39 is 42.7 Å². The third-order valence-electron chi connectivity index (χ3n) is 5.99. The summed E-state index contributed by atoms with van der Waals surface area (Å²) in [6, 6.07) is 14.6. The molecule has 1 aromatic heterocycles. The molecule has 0 aliphatic carbocycles. The molecule has 0 fully saturated rings. The van der Waals surface area contributed by atoms with E-state index in [9.17, 15) is 28.2 Å². The molecule has 9 nitrogen and oxygen atoms in total. The van der Waals surface area contributed by atoms with Crippen molar-refractivity contribution >= 4 is 11.7 Å². The van der Waals surface area contributed by atoms with Crippen molar-refractivity contribution < 1.29 is 37.7 Å². The van der Waals surface area contributed by atoms with Gasteiger partial charge in [-0.25, -0.2) is 4.79 Å². The summed E-state index contributed by atoms with van der Waals surface area (Å²) in [4.78, 5) is 14.5. The van der Waals surface area contributed by atoms with E-state index in [-0.39, 0.29) is 35.7 Å². The summed E-state index contributed by atoms with van der Waals surface area (Å²) < 4.78 is 53.3. The number of nitrogens with one attached hydrogen (secondary N) is 1. The van der Waals surface area contributed by atoms with Gasteiger partial charge in [0, 0.05) is 11.3 Å². The third kappa shape index (κ3) is 6.96. The number of benzene rings is 3. The zero-order valence-corrected chi connectivity index (χ0v) is 21.4. The minimum atomic E-state index is -4.73. The number of ether oxygens (including phenoxy) is 2. The number of aromatic nitrogens is 3. The second-order valence-corrected chi connectivity index (χ2v) is 8.87. The molecular formula is C28H27F3N4O5. The lowest BCUT2D eigenvalue weighted by Crippen LogP contribution is -2.29. The van der Waals surface area contributed by atoms with Crippen LogP contribution in [0.1, 0.15) is 32.6 Å². The maximum Gasteiger partial charge on any atom is 0.419 e. The van der Waals surface area contributed by atoms with Crippen molar-refractivity contribution in [3.05, 3.63) is 101 Å². The number of hydrogen-bond acceptors (Lipinski definition) is 8. The van der Waals surface area contributed by atoms with E-state index in [1.807, 2.05) is 6.07 Å². The predicted molar refractivity (Wildman–Crippen MR) is 139 cm³/mol. The van der Waals surface area contributed by atoms with Gasteiger partial charge in [-0.15, -0.1) is 0 Å². The van der Waals surface area contributed by atoms with Crippen LogP contribution in [0.5, 0.6) is 11.5 Å². The molecule has 0 radical (unpaired) electrons. The highest BCUT2D eigenvalue weighted by Crippen LogP contribution is 2.40. The summed E-state index contributed by atoms with van der Waals surface area (Å²) in [5.41, 5.74) is 0.461. The van der Waals surface area contributed by atoms with Gasteiger partial charge < -0.3 is 25.0 Å². The Labute approximate surface area is 227 Å². The SMILES string of the molecule is Cc1c(Oc2ccc(Cn3nccn3)cc2C(F)(F)F)ccc(NC(CO)CO)c1C(=O)OCc1ccccc1. The summed E-state index contributed by atoms with van der Waals surface area (Å²) in [6.07, 6.45) is -1.88. The molecule has 0 aliphatic heterocycles. The fourth-order valence-electron chi connectivity index (χ4n) is 3.94. The molecule has 0 amide bonds. The Bertz CT molecular complexity index is 1430. The van der Waals surface area contributed by atoms with E-state index in [1.54, 1.807) is 24.3 Å². The first-order valence-corrected chi connectivity index (χ1v) is 12.2. The molecule has 12 heteroatoms. The number of aliphatic hydroxyl groups excluding tert-OH is 2. The van der Waals surface area contributed by atoms with Crippen molar-refractivity contribution in [1.29, 1.82) is 0 Å². The molecule has 3 aromatic carbocycles. The van der Waals surface area contributed by atoms with Gasteiger partial charge >= 0.3 is 12.1 Å². The fraction of sp³-hybridized carbons (Fsp3) is 0.250. The first kappa shape index (κ1) is 28.6.